The van der Waals surface area contributed by atoms with Crippen LogP contribution < -0.4 is 10.6 Å². The lowest BCUT2D eigenvalue weighted by atomic mass is 9.96. The average molecular weight is 571 g/mol. The van der Waals surface area contributed by atoms with Gasteiger partial charge in [0.1, 0.15) is 0 Å². The first-order valence-electron chi connectivity index (χ1n) is 12.8. The van der Waals surface area contributed by atoms with E-state index in [1.54, 1.807) is 0 Å². The highest BCUT2D eigenvalue weighted by atomic mass is 127. The number of guanidine groups is 1. The van der Waals surface area contributed by atoms with E-state index in [1.807, 2.05) is 0 Å². The third-order valence-corrected chi connectivity index (χ3v) is 7.19. The second kappa shape index (κ2) is 14.5. The molecule has 2 unspecified atom stereocenters. The van der Waals surface area contributed by atoms with Gasteiger partial charge in [0.05, 0.1) is 0 Å². The van der Waals surface area contributed by atoms with Gasteiger partial charge < -0.3 is 20.1 Å². The second-order valence-electron chi connectivity index (χ2n) is 9.60. The highest BCUT2D eigenvalue weighted by Gasteiger charge is 2.40. The Balaban J connectivity index is 0.00000306. The number of halogens is 1. The minimum atomic E-state index is 0. The largest absolute Gasteiger partial charge is 0.381 e. The molecule has 186 valence electrons. The monoisotopic (exact) mass is 570 g/mol. The molecular formula is C26H43IN4O2. The van der Waals surface area contributed by atoms with Gasteiger partial charge in [-0.1, -0.05) is 30.3 Å². The average Bonchev–Trinajstić information content (AvgIpc) is 3.05. The van der Waals surface area contributed by atoms with Crippen molar-refractivity contribution in [3.8, 4) is 0 Å². The van der Waals surface area contributed by atoms with Crippen molar-refractivity contribution in [1.29, 1.82) is 0 Å². The Morgan fingerprint density at radius 3 is 2.52 bits per heavy atom. The van der Waals surface area contributed by atoms with Gasteiger partial charge in [-0.15, -0.1) is 24.0 Å². The fourth-order valence-electron chi connectivity index (χ4n) is 5.48. The van der Waals surface area contributed by atoms with Crippen molar-refractivity contribution in [3.63, 3.8) is 0 Å². The van der Waals surface area contributed by atoms with Gasteiger partial charge in [0, 0.05) is 64.2 Å². The number of nitrogens with one attached hydrogen (secondary N) is 2. The smallest absolute Gasteiger partial charge is 0.191 e. The molecular weight excluding hydrogens is 527 g/mol. The number of aliphatic imine (C=N–C) groups is 1. The summed E-state index contributed by atoms with van der Waals surface area (Å²) in [5, 5.41) is 7.19. The molecule has 0 saturated carbocycles. The maximum absolute atomic E-state index is 5.89. The maximum Gasteiger partial charge on any atom is 0.191 e. The molecule has 33 heavy (non-hydrogen) atoms. The summed E-state index contributed by atoms with van der Waals surface area (Å²) in [5.74, 6) is 1.65. The lowest BCUT2D eigenvalue weighted by Gasteiger charge is -2.39. The molecule has 7 heteroatoms. The molecule has 0 spiro atoms. The lowest BCUT2D eigenvalue weighted by Crippen LogP contribution is -2.52. The van der Waals surface area contributed by atoms with Crippen molar-refractivity contribution in [1.82, 2.24) is 15.5 Å². The summed E-state index contributed by atoms with van der Waals surface area (Å²) in [6, 6.07) is 12.8. The Hall–Kier alpha value is -0.900. The Morgan fingerprint density at radius 2 is 1.82 bits per heavy atom. The standard InChI is InChI=1S/C26H42N4O2.HI/c1-2-27-26(28-13-6-14-32-20-22-11-15-31-16-12-22)29-23-17-24-9-10-25(18-23)30(24)19-21-7-4-3-5-8-21;/h3-5,7-8,22-25H,2,6,9-20H2,1H3,(H2,27,28,29);1H. The zero-order valence-corrected chi connectivity index (χ0v) is 22.5. The minimum absolute atomic E-state index is 0. The van der Waals surface area contributed by atoms with Crippen molar-refractivity contribution >= 4 is 29.9 Å². The van der Waals surface area contributed by atoms with E-state index in [9.17, 15) is 0 Å². The molecule has 0 aliphatic carbocycles. The van der Waals surface area contributed by atoms with Crippen molar-refractivity contribution in [2.24, 2.45) is 10.9 Å². The topological polar surface area (TPSA) is 58.1 Å². The predicted octanol–water partition coefficient (Wildman–Crippen LogP) is 4.19. The number of fused-ring (bicyclic) bond motifs is 2. The van der Waals surface area contributed by atoms with Gasteiger partial charge in [0.25, 0.3) is 0 Å². The normalized spacial score (nSPS) is 26.1. The molecule has 0 amide bonds. The van der Waals surface area contributed by atoms with Crippen molar-refractivity contribution in [2.75, 3.05) is 39.5 Å². The summed E-state index contributed by atoms with van der Waals surface area (Å²) in [4.78, 5) is 7.57. The van der Waals surface area contributed by atoms with Crippen LogP contribution in [0.25, 0.3) is 0 Å². The van der Waals surface area contributed by atoms with Gasteiger partial charge >= 0.3 is 0 Å². The Bertz CT molecular complexity index is 685. The molecule has 0 aromatic heterocycles. The summed E-state index contributed by atoms with van der Waals surface area (Å²) in [7, 11) is 0. The number of rotatable bonds is 10. The van der Waals surface area contributed by atoms with Crippen LogP contribution in [0.1, 0.15) is 57.4 Å². The molecule has 4 rings (SSSR count). The SMILES string of the molecule is CCNC(=NCCCOCC1CCOCC1)NC1CC2CCC(C1)N2Cc1ccccc1.I. The third kappa shape index (κ3) is 8.37. The van der Waals surface area contributed by atoms with Gasteiger partial charge in [-0.2, -0.15) is 0 Å². The van der Waals surface area contributed by atoms with Crippen molar-refractivity contribution in [2.45, 2.75) is 76.5 Å². The number of hydrogen-bond donors (Lipinski definition) is 2. The van der Waals surface area contributed by atoms with E-state index >= 15 is 0 Å². The van der Waals surface area contributed by atoms with E-state index in [-0.39, 0.29) is 24.0 Å². The molecule has 6 nitrogen and oxygen atoms in total. The Morgan fingerprint density at radius 1 is 1.09 bits per heavy atom. The maximum atomic E-state index is 5.89. The van der Waals surface area contributed by atoms with E-state index < -0.39 is 0 Å². The molecule has 3 aliphatic heterocycles. The van der Waals surface area contributed by atoms with Crippen LogP contribution in [0, 0.1) is 5.92 Å². The van der Waals surface area contributed by atoms with Gasteiger partial charge in [0.2, 0.25) is 0 Å². The van der Waals surface area contributed by atoms with E-state index in [1.165, 1.54) is 31.2 Å². The molecule has 1 aromatic carbocycles. The second-order valence-corrected chi connectivity index (χ2v) is 9.60. The third-order valence-electron chi connectivity index (χ3n) is 7.19. The summed E-state index contributed by atoms with van der Waals surface area (Å²) in [6.07, 6.45) is 8.32. The molecule has 3 aliphatic rings. The zero-order chi connectivity index (χ0) is 22.0. The molecule has 1 aromatic rings. The van der Waals surface area contributed by atoms with Crippen molar-refractivity contribution < 1.29 is 9.47 Å². The van der Waals surface area contributed by atoms with Gasteiger partial charge in [0.15, 0.2) is 5.96 Å². The van der Waals surface area contributed by atoms with E-state index in [0.29, 0.717) is 24.0 Å². The first-order valence-corrected chi connectivity index (χ1v) is 12.8. The molecule has 2 atom stereocenters. The van der Waals surface area contributed by atoms with Crippen LogP contribution in [-0.2, 0) is 16.0 Å². The van der Waals surface area contributed by atoms with E-state index in [4.69, 9.17) is 14.5 Å². The lowest BCUT2D eigenvalue weighted by molar-refractivity contribution is 0.0205. The van der Waals surface area contributed by atoms with Crippen LogP contribution in [-0.4, -0.2) is 68.5 Å². The minimum Gasteiger partial charge on any atom is -0.381 e. The van der Waals surface area contributed by atoms with E-state index in [0.717, 1.165) is 71.3 Å². The van der Waals surface area contributed by atoms with Crippen LogP contribution in [0.15, 0.2) is 35.3 Å². The highest BCUT2D eigenvalue weighted by Crippen LogP contribution is 2.36. The number of benzene rings is 1. The molecule has 3 heterocycles. The molecule has 2 bridgehead atoms. The van der Waals surface area contributed by atoms with Gasteiger partial charge in [-0.05, 0) is 63.4 Å². The van der Waals surface area contributed by atoms with Crippen LogP contribution in [0.2, 0.25) is 0 Å². The number of piperidine rings is 1. The van der Waals surface area contributed by atoms with Crippen LogP contribution in [0.3, 0.4) is 0 Å². The number of hydrogen-bond acceptors (Lipinski definition) is 4. The quantitative estimate of drug-likeness (QED) is 0.191. The highest BCUT2D eigenvalue weighted by molar-refractivity contribution is 14.0. The Kier molecular flexibility index (Phi) is 11.7. The van der Waals surface area contributed by atoms with Crippen LogP contribution in [0.5, 0.6) is 0 Å². The van der Waals surface area contributed by atoms with E-state index in [2.05, 4.69) is 52.8 Å². The molecule has 0 radical (unpaired) electrons. The summed E-state index contributed by atoms with van der Waals surface area (Å²) >= 11 is 0. The molecule has 3 fully saturated rings. The molecule has 2 N–H and O–H groups in total. The number of ether oxygens (including phenoxy) is 2. The van der Waals surface area contributed by atoms with Crippen molar-refractivity contribution in [3.05, 3.63) is 35.9 Å². The van der Waals surface area contributed by atoms with Crippen LogP contribution >= 0.6 is 24.0 Å². The summed E-state index contributed by atoms with van der Waals surface area (Å²) in [5.41, 5.74) is 1.43. The first kappa shape index (κ1) is 26.7. The number of nitrogens with zero attached hydrogens (tertiary/aromatic N) is 2. The fourth-order valence-corrected chi connectivity index (χ4v) is 5.48. The van der Waals surface area contributed by atoms with Gasteiger partial charge in [-0.3, -0.25) is 9.89 Å². The van der Waals surface area contributed by atoms with Crippen LogP contribution in [0.4, 0.5) is 0 Å². The predicted molar refractivity (Wildman–Crippen MR) is 145 cm³/mol. The Labute approximate surface area is 217 Å². The molecule has 3 saturated heterocycles. The zero-order valence-electron chi connectivity index (χ0n) is 20.2. The fraction of sp³-hybridized carbons (Fsp3) is 0.731. The van der Waals surface area contributed by atoms with Gasteiger partial charge in [-0.25, -0.2) is 0 Å². The first-order chi connectivity index (χ1) is 15.8. The summed E-state index contributed by atoms with van der Waals surface area (Å²) in [6.45, 7) is 8.38. The summed E-state index contributed by atoms with van der Waals surface area (Å²) < 4.78 is 11.3.